The van der Waals surface area contributed by atoms with Crippen LogP contribution in [-0.4, -0.2) is 29.7 Å². The molecule has 4 aromatic rings. The first-order valence-corrected chi connectivity index (χ1v) is 9.65. The predicted molar refractivity (Wildman–Crippen MR) is 116 cm³/mol. The van der Waals surface area contributed by atoms with E-state index < -0.39 is 0 Å². The highest BCUT2D eigenvalue weighted by Gasteiger charge is 2.15. The molecule has 0 fully saturated rings. The number of benzene rings is 3. The van der Waals surface area contributed by atoms with Gasteiger partial charge in [0, 0.05) is 16.9 Å². The summed E-state index contributed by atoms with van der Waals surface area (Å²) in [7, 11) is 3.08. The van der Waals surface area contributed by atoms with Gasteiger partial charge in [0.1, 0.15) is 22.3 Å². The van der Waals surface area contributed by atoms with E-state index in [1.165, 1.54) is 0 Å². The number of amides is 1. The van der Waals surface area contributed by atoms with Crippen molar-refractivity contribution in [2.75, 3.05) is 19.5 Å². The number of para-hydroxylation sites is 2. The number of aromatic nitrogens is 2. The molecule has 1 heterocycles. The summed E-state index contributed by atoms with van der Waals surface area (Å²) < 4.78 is 13.3. The van der Waals surface area contributed by atoms with Crippen LogP contribution in [0.25, 0.3) is 16.7 Å². The van der Waals surface area contributed by atoms with Gasteiger partial charge in [-0.2, -0.15) is 0 Å². The van der Waals surface area contributed by atoms with E-state index in [0.717, 1.165) is 16.7 Å². The summed E-state index contributed by atoms with van der Waals surface area (Å²) >= 11 is 3.41. The summed E-state index contributed by atoms with van der Waals surface area (Å²) in [4.78, 5) is 17.1. The number of anilines is 1. The highest BCUT2D eigenvalue weighted by atomic mass is 79.9. The van der Waals surface area contributed by atoms with Gasteiger partial charge >= 0.3 is 0 Å². The Balaban J connectivity index is 1.57. The summed E-state index contributed by atoms with van der Waals surface area (Å²) in [6.45, 7) is 0. The molecule has 1 aromatic heterocycles. The largest absolute Gasteiger partial charge is 0.495 e. The number of carbonyl (C=O) groups excluding carboxylic acids is 1. The number of rotatable bonds is 5. The third-order valence-corrected chi connectivity index (χ3v) is 5.35. The van der Waals surface area contributed by atoms with Crippen LogP contribution in [-0.2, 0) is 0 Å². The van der Waals surface area contributed by atoms with Crippen molar-refractivity contribution in [1.82, 2.24) is 9.55 Å². The smallest absolute Gasteiger partial charge is 0.255 e. The Morgan fingerprint density at radius 1 is 1.00 bits per heavy atom. The maximum Gasteiger partial charge on any atom is 0.255 e. The van der Waals surface area contributed by atoms with Gasteiger partial charge in [0.15, 0.2) is 0 Å². The molecule has 0 atom stereocenters. The Hall–Kier alpha value is -3.32. The van der Waals surface area contributed by atoms with E-state index in [0.29, 0.717) is 27.2 Å². The van der Waals surface area contributed by atoms with E-state index in [-0.39, 0.29) is 5.91 Å². The number of nitrogens with one attached hydrogen (secondary N) is 1. The molecule has 1 amide bonds. The Morgan fingerprint density at radius 2 is 1.66 bits per heavy atom. The monoisotopic (exact) mass is 451 g/mol. The molecule has 0 bridgehead atoms. The first-order valence-electron chi connectivity index (χ1n) is 8.86. The Bertz CT molecular complexity index is 1160. The van der Waals surface area contributed by atoms with Crippen molar-refractivity contribution < 1.29 is 14.3 Å². The van der Waals surface area contributed by atoms with Gasteiger partial charge in [-0.15, -0.1) is 0 Å². The fourth-order valence-corrected chi connectivity index (χ4v) is 3.63. The molecular weight excluding hydrogens is 434 g/mol. The number of nitrogens with zero attached hydrogens (tertiary/aromatic N) is 2. The number of imidazole rings is 1. The van der Waals surface area contributed by atoms with Crippen LogP contribution in [0.2, 0.25) is 0 Å². The molecule has 7 heteroatoms. The molecule has 0 saturated carbocycles. The number of carbonyl (C=O) groups is 1. The van der Waals surface area contributed by atoms with Gasteiger partial charge in [-0.25, -0.2) is 4.98 Å². The van der Waals surface area contributed by atoms with Crippen LogP contribution >= 0.6 is 15.9 Å². The fraction of sp³-hybridized carbons (Fsp3) is 0.0909. The van der Waals surface area contributed by atoms with Crippen molar-refractivity contribution in [3.8, 4) is 17.2 Å². The summed E-state index contributed by atoms with van der Waals surface area (Å²) in [6.07, 6.45) is 1.79. The van der Waals surface area contributed by atoms with Crippen LogP contribution in [0.4, 0.5) is 5.69 Å². The zero-order chi connectivity index (χ0) is 20.4. The van der Waals surface area contributed by atoms with E-state index in [9.17, 15) is 4.79 Å². The molecule has 4 rings (SSSR count). The standard InChI is InChI=1S/C22H18BrN3O3/c1-28-19-11-14(12-20(29-2)21(19)23)22(27)25-15-7-9-16(10-8-15)26-13-24-17-5-3-4-6-18(17)26/h3-13H,1-2H3,(H,25,27). The summed E-state index contributed by atoms with van der Waals surface area (Å²) in [5.74, 6) is 0.795. The minimum atomic E-state index is -0.255. The summed E-state index contributed by atoms with van der Waals surface area (Å²) in [5.41, 5.74) is 4.04. The van der Waals surface area contributed by atoms with E-state index >= 15 is 0 Å². The van der Waals surface area contributed by atoms with Crippen molar-refractivity contribution >= 4 is 38.6 Å². The molecule has 0 unspecified atom stereocenters. The van der Waals surface area contributed by atoms with Crippen LogP contribution in [0.5, 0.6) is 11.5 Å². The molecule has 0 aliphatic heterocycles. The average molecular weight is 452 g/mol. The van der Waals surface area contributed by atoms with Gasteiger partial charge in [-0.3, -0.25) is 9.36 Å². The third kappa shape index (κ3) is 3.69. The lowest BCUT2D eigenvalue weighted by atomic mass is 10.1. The SMILES string of the molecule is COc1cc(C(=O)Nc2ccc(-n3cnc4ccccc43)cc2)cc(OC)c1Br. The van der Waals surface area contributed by atoms with Gasteiger partial charge in [-0.1, -0.05) is 12.1 Å². The van der Waals surface area contributed by atoms with Crippen LogP contribution in [0.1, 0.15) is 10.4 Å². The number of ether oxygens (including phenoxy) is 2. The Kier molecular flexibility index (Phi) is 5.22. The van der Waals surface area contributed by atoms with Crippen LogP contribution in [0.15, 0.2) is 71.5 Å². The van der Waals surface area contributed by atoms with Crippen molar-refractivity contribution in [2.45, 2.75) is 0 Å². The second-order valence-corrected chi connectivity index (χ2v) is 7.09. The number of fused-ring (bicyclic) bond motifs is 1. The molecule has 29 heavy (non-hydrogen) atoms. The van der Waals surface area contributed by atoms with Crippen molar-refractivity contribution in [2.24, 2.45) is 0 Å². The second-order valence-electron chi connectivity index (χ2n) is 6.30. The lowest BCUT2D eigenvalue weighted by molar-refractivity contribution is 0.102. The highest BCUT2D eigenvalue weighted by molar-refractivity contribution is 9.10. The predicted octanol–water partition coefficient (Wildman–Crippen LogP) is 5.06. The van der Waals surface area contributed by atoms with E-state index in [2.05, 4.69) is 26.2 Å². The molecule has 0 radical (unpaired) electrons. The zero-order valence-corrected chi connectivity index (χ0v) is 17.4. The number of hydrogen-bond donors (Lipinski definition) is 1. The fourth-order valence-electron chi connectivity index (χ4n) is 3.07. The normalized spacial score (nSPS) is 10.7. The maximum atomic E-state index is 12.7. The first kappa shape index (κ1) is 19.0. The molecule has 0 saturated heterocycles. The minimum Gasteiger partial charge on any atom is -0.495 e. The average Bonchev–Trinajstić information content (AvgIpc) is 3.18. The second kappa shape index (κ2) is 7.97. The van der Waals surface area contributed by atoms with E-state index in [1.54, 1.807) is 32.7 Å². The topological polar surface area (TPSA) is 65.4 Å². The summed E-state index contributed by atoms with van der Waals surface area (Å²) in [6, 6.07) is 18.8. The Labute approximate surface area is 176 Å². The molecule has 1 N–H and O–H groups in total. The lowest BCUT2D eigenvalue weighted by Gasteiger charge is -2.12. The van der Waals surface area contributed by atoms with Crippen molar-refractivity contribution in [3.63, 3.8) is 0 Å². The highest BCUT2D eigenvalue weighted by Crippen LogP contribution is 2.35. The lowest BCUT2D eigenvalue weighted by Crippen LogP contribution is -2.12. The molecule has 0 aliphatic carbocycles. The quantitative estimate of drug-likeness (QED) is 0.460. The third-order valence-electron chi connectivity index (χ3n) is 4.56. The van der Waals surface area contributed by atoms with Gasteiger partial charge < -0.3 is 14.8 Å². The molecule has 6 nitrogen and oxygen atoms in total. The number of methoxy groups -OCH3 is 2. The van der Waals surface area contributed by atoms with Crippen LogP contribution in [0.3, 0.4) is 0 Å². The molecule has 3 aromatic carbocycles. The number of halogens is 1. The van der Waals surface area contributed by atoms with Gasteiger partial charge in [0.25, 0.3) is 5.91 Å². The minimum absolute atomic E-state index is 0.255. The number of hydrogen-bond acceptors (Lipinski definition) is 4. The molecule has 146 valence electrons. The molecule has 0 spiro atoms. The zero-order valence-electron chi connectivity index (χ0n) is 15.8. The summed E-state index contributed by atoms with van der Waals surface area (Å²) in [5, 5.41) is 2.90. The van der Waals surface area contributed by atoms with Crippen molar-refractivity contribution in [1.29, 1.82) is 0 Å². The maximum absolute atomic E-state index is 12.7. The van der Waals surface area contributed by atoms with Crippen LogP contribution in [0, 0.1) is 0 Å². The van der Waals surface area contributed by atoms with Gasteiger partial charge in [-0.05, 0) is 64.5 Å². The van der Waals surface area contributed by atoms with Gasteiger partial charge in [0.2, 0.25) is 0 Å². The molecule has 0 aliphatic rings. The molecular formula is C22H18BrN3O3. The van der Waals surface area contributed by atoms with Crippen molar-refractivity contribution in [3.05, 3.63) is 77.0 Å². The van der Waals surface area contributed by atoms with E-state index in [4.69, 9.17) is 9.47 Å². The van der Waals surface area contributed by atoms with Crippen LogP contribution < -0.4 is 14.8 Å². The first-order chi connectivity index (χ1) is 14.1. The van der Waals surface area contributed by atoms with Gasteiger partial charge in [0.05, 0.1) is 25.3 Å². The Morgan fingerprint density at radius 3 is 2.31 bits per heavy atom. The van der Waals surface area contributed by atoms with E-state index in [1.807, 2.05) is 53.1 Å².